The maximum absolute atomic E-state index is 12.9. The lowest BCUT2D eigenvalue weighted by atomic mass is 9.89. The fourth-order valence-electron chi connectivity index (χ4n) is 7.43. The zero-order chi connectivity index (χ0) is 36.0. The summed E-state index contributed by atoms with van der Waals surface area (Å²) in [6.45, 7) is 4.11. The standard InChI is InChI=1S/C40H48N8O4/c1-47-16-12-27(13-17-47)29-8-11-34-35(20-29)44-37(22-42-34)33-23-48(46-38(33)28-6-7-28)15-5-3-2-4-14-41-31-9-10-32(30(19-31)25-50)39(51)45-36-18-26(24-49)21-43-40(36)52/h8-11,19-20,22-28,36,41H,2-7,12-18,21H2,1H3,(H,43,52)(H,45,51). The number of likely N-dealkylation sites (tertiary alicyclic amines) is 1. The van der Waals surface area contributed by atoms with Crippen molar-refractivity contribution in [1.82, 2.24) is 35.3 Å². The molecule has 2 aromatic carbocycles. The molecule has 7 rings (SSSR count). The van der Waals surface area contributed by atoms with Gasteiger partial charge >= 0.3 is 0 Å². The highest BCUT2D eigenvalue weighted by atomic mass is 16.2. The van der Waals surface area contributed by atoms with E-state index in [-0.39, 0.29) is 35.9 Å². The van der Waals surface area contributed by atoms with Crippen LogP contribution in [0.3, 0.4) is 0 Å². The van der Waals surface area contributed by atoms with Crippen LogP contribution in [0.25, 0.3) is 22.3 Å². The molecule has 4 aromatic rings. The number of nitrogens with zero attached hydrogens (tertiary/aromatic N) is 5. The third-order valence-electron chi connectivity index (χ3n) is 10.7. The number of nitrogens with one attached hydrogen (secondary N) is 3. The molecular weight excluding hydrogens is 656 g/mol. The monoisotopic (exact) mass is 704 g/mol. The molecule has 2 saturated heterocycles. The van der Waals surface area contributed by atoms with Crippen LogP contribution in [0, 0.1) is 5.92 Å². The molecule has 2 unspecified atom stereocenters. The lowest BCUT2D eigenvalue weighted by Gasteiger charge is -2.29. The van der Waals surface area contributed by atoms with Crippen LogP contribution in [0.5, 0.6) is 0 Å². The Bertz CT molecular complexity index is 1930. The number of aldehydes is 2. The van der Waals surface area contributed by atoms with Crippen molar-refractivity contribution >= 4 is 41.1 Å². The molecule has 0 radical (unpaired) electrons. The summed E-state index contributed by atoms with van der Waals surface area (Å²) in [5, 5.41) is 13.7. The van der Waals surface area contributed by atoms with Gasteiger partial charge in [0, 0.05) is 60.0 Å². The molecule has 4 heterocycles. The maximum Gasteiger partial charge on any atom is 0.252 e. The van der Waals surface area contributed by atoms with Crippen molar-refractivity contribution in [3.8, 4) is 11.3 Å². The fourth-order valence-corrected chi connectivity index (χ4v) is 7.43. The highest BCUT2D eigenvalue weighted by molar-refractivity contribution is 6.04. The Morgan fingerprint density at radius 1 is 0.981 bits per heavy atom. The minimum atomic E-state index is -0.814. The number of hydrogen-bond donors (Lipinski definition) is 3. The molecule has 52 heavy (non-hydrogen) atoms. The molecule has 2 aromatic heterocycles. The van der Waals surface area contributed by atoms with E-state index in [1.165, 1.54) is 31.2 Å². The van der Waals surface area contributed by atoms with E-state index in [0.29, 0.717) is 18.1 Å². The van der Waals surface area contributed by atoms with Gasteiger partial charge in [0.15, 0.2) is 6.29 Å². The van der Waals surface area contributed by atoms with Gasteiger partial charge in [-0.15, -0.1) is 0 Å². The second-order valence-corrected chi connectivity index (χ2v) is 14.7. The number of rotatable bonds is 15. The first-order valence-corrected chi connectivity index (χ1v) is 18.8. The van der Waals surface area contributed by atoms with Crippen LogP contribution >= 0.6 is 0 Å². The molecular formula is C40H48N8O4. The number of carbonyl (C=O) groups excluding carboxylic acids is 4. The van der Waals surface area contributed by atoms with Crippen molar-refractivity contribution in [2.75, 3.05) is 38.5 Å². The highest BCUT2D eigenvalue weighted by Crippen LogP contribution is 2.43. The normalized spacial score (nSPS) is 19.7. The van der Waals surface area contributed by atoms with Crippen molar-refractivity contribution in [2.45, 2.75) is 82.2 Å². The second kappa shape index (κ2) is 16.1. The van der Waals surface area contributed by atoms with Gasteiger partial charge in [-0.3, -0.25) is 24.0 Å². The predicted octanol–water partition coefficient (Wildman–Crippen LogP) is 5.10. The minimum Gasteiger partial charge on any atom is -0.385 e. The first kappa shape index (κ1) is 35.4. The number of hydrogen-bond acceptors (Lipinski definition) is 9. The zero-order valence-corrected chi connectivity index (χ0v) is 29.9. The summed E-state index contributed by atoms with van der Waals surface area (Å²) in [6.07, 6.45) is 14.5. The number of anilines is 1. The number of benzene rings is 2. The van der Waals surface area contributed by atoms with E-state index in [9.17, 15) is 19.2 Å². The Kier molecular flexibility index (Phi) is 11.0. The van der Waals surface area contributed by atoms with Crippen LogP contribution < -0.4 is 16.0 Å². The maximum atomic E-state index is 12.9. The Morgan fingerprint density at radius 2 is 1.81 bits per heavy atom. The van der Waals surface area contributed by atoms with E-state index < -0.39 is 11.9 Å². The van der Waals surface area contributed by atoms with Crippen LogP contribution in [0.4, 0.5) is 5.69 Å². The largest absolute Gasteiger partial charge is 0.385 e. The number of piperidine rings is 2. The van der Waals surface area contributed by atoms with Crippen LogP contribution in [-0.4, -0.2) is 88.3 Å². The first-order valence-electron chi connectivity index (χ1n) is 18.8. The summed E-state index contributed by atoms with van der Waals surface area (Å²) in [5.74, 6) is -0.119. The molecule has 2 aliphatic heterocycles. The average Bonchev–Trinajstić information content (AvgIpc) is 3.93. The molecule has 3 N–H and O–H groups in total. The Morgan fingerprint density at radius 3 is 2.60 bits per heavy atom. The minimum absolute atomic E-state index is 0.193. The molecule has 0 bridgehead atoms. The molecule has 1 saturated carbocycles. The van der Waals surface area contributed by atoms with E-state index in [0.717, 1.165) is 91.8 Å². The molecule has 12 nitrogen and oxygen atoms in total. The van der Waals surface area contributed by atoms with Crippen molar-refractivity contribution < 1.29 is 19.2 Å². The van der Waals surface area contributed by atoms with Gasteiger partial charge in [-0.25, -0.2) is 4.98 Å². The Balaban J connectivity index is 0.888. The van der Waals surface area contributed by atoms with E-state index in [4.69, 9.17) is 15.1 Å². The second-order valence-electron chi connectivity index (χ2n) is 14.7. The van der Waals surface area contributed by atoms with Crippen molar-refractivity contribution in [3.63, 3.8) is 0 Å². The smallest absolute Gasteiger partial charge is 0.252 e. The van der Waals surface area contributed by atoms with Gasteiger partial charge in [0.1, 0.15) is 12.3 Å². The van der Waals surface area contributed by atoms with Crippen molar-refractivity contribution in [3.05, 3.63) is 71.2 Å². The molecule has 3 fully saturated rings. The molecule has 2 amide bonds. The third kappa shape index (κ3) is 8.39. The third-order valence-corrected chi connectivity index (χ3v) is 10.7. The number of amides is 2. The topological polar surface area (TPSA) is 151 Å². The van der Waals surface area contributed by atoms with Crippen molar-refractivity contribution in [2.24, 2.45) is 5.92 Å². The lowest BCUT2D eigenvalue weighted by molar-refractivity contribution is -0.126. The number of unbranched alkanes of at least 4 members (excludes halogenated alkanes) is 3. The molecule has 1 aliphatic carbocycles. The average molecular weight is 705 g/mol. The Hall–Kier alpha value is -4.97. The van der Waals surface area contributed by atoms with Gasteiger partial charge in [0.2, 0.25) is 5.91 Å². The first-order chi connectivity index (χ1) is 25.4. The fraction of sp³-hybridized carbons (Fsp3) is 0.475. The van der Waals surface area contributed by atoms with E-state index in [1.807, 2.05) is 6.20 Å². The molecule has 3 aliphatic rings. The van der Waals surface area contributed by atoms with Gasteiger partial charge in [-0.05, 0) is 107 Å². The predicted molar refractivity (Wildman–Crippen MR) is 199 cm³/mol. The number of carbonyl (C=O) groups is 4. The van der Waals surface area contributed by atoms with Gasteiger partial charge in [0.25, 0.3) is 5.91 Å². The van der Waals surface area contributed by atoms with E-state index in [1.54, 1.807) is 18.2 Å². The van der Waals surface area contributed by atoms with Crippen LogP contribution in [0.15, 0.2) is 48.8 Å². The van der Waals surface area contributed by atoms with Crippen LogP contribution in [0.2, 0.25) is 0 Å². The van der Waals surface area contributed by atoms with Crippen LogP contribution in [-0.2, 0) is 16.1 Å². The number of aromatic nitrogens is 4. The summed E-state index contributed by atoms with van der Waals surface area (Å²) in [5.41, 5.74) is 7.60. The molecule has 0 spiro atoms. The molecule has 272 valence electrons. The van der Waals surface area contributed by atoms with Gasteiger partial charge in [-0.1, -0.05) is 18.9 Å². The summed E-state index contributed by atoms with van der Waals surface area (Å²) < 4.78 is 2.09. The van der Waals surface area contributed by atoms with Gasteiger partial charge in [0.05, 0.1) is 28.6 Å². The Labute approximate surface area is 304 Å². The van der Waals surface area contributed by atoms with Gasteiger partial charge < -0.3 is 25.6 Å². The highest BCUT2D eigenvalue weighted by Gasteiger charge is 2.31. The zero-order valence-electron chi connectivity index (χ0n) is 29.9. The quantitative estimate of drug-likeness (QED) is 0.113. The van der Waals surface area contributed by atoms with E-state index >= 15 is 0 Å². The summed E-state index contributed by atoms with van der Waals surface area (Å²) in [7, 11) is 2.20. The number of fused-ring (bicyclic) bond motifs is 1. The summed E-state index contributed by atoms with van der Waals surface area (Å²) in [6, 6.07) is 10.8. The lowest BCUT2D eigenvalue weighted by Crippen LogP contribution is -2.53. The summed E-state index contributed by atoms with van der Waals surface area (Å²) >= 11 is 0. The SMILES string of the molecule is CN1CCC(c2ccc3ncc(-c4cn(CCCCCCNc5ccc(C(=O)NC6CC(C=O)CNC6=O)c(C=O)c5)nc4C4CC4)nc3c2)CC1. The molecule has 12 heteroatoms. The van der Waals surface area contributed by atoms with E-state index in [2.05, 4.69) is 57.0 Å². The summed E-state index contributed by atoms with van der Waals surface area (Å²) in [4.78, 5) is 60.3. The molecule has 2 atom stereocenters. The number of aryl methyl sites for hydroxylation is 1. The van der Waals surface area contributed by atoms with Crippen LogP contribution in [0.1, 0.15) is 102 Å². The van der Waals surface area contributed by atoms with Gasteiger partial charge in [-0.2, -0.15) is 5.10 Å². The van der Waals surface area contributed by atoms with Crippen molar-refractivity contribution in [1.29, 1.82) is 0 Å².